The molecule has 0 fully saturated rings. The van der Waals surface area contributed by atoms with E-state index in [1.807, 2.05) is 31.2 Å². The van der Waals surface area contributed by atoms with Crippen molar-refractivity contribution in [2.75, 3.05) is 6.54 Å². The fourth-order valence-electron chi connectivity index (χ4n) is 2.34. The van der Waals surface area contributed by atoms with Gasteiger partial charge in [-0.3, -0.25) is 9.88 Å². The van der Waals surface area contributed by atoms with E-state index in [0.717, 1.165) is 28.0 Å². The van der Waals surface area contributed by atoms with Gasteiger partial charge in [0.05, 0.1) is 11.6 Å². The smallest absolute Gasteiger partial charge is 0.0761 e. The lowest BCUT2D eigenvalue weighted by molar-refractivity contribution is 0.103. The minimum Gasteiger partial charge on any atom is -0.392 e. The fraction of sp³-hybridized carbons (Fsp3) is 0.438. The summed E-state index contributed by atoms with van der Waals surface area (Å²) < 4.78 is 0. The van der Waals surface area contributed by atoms with E-state index >= 15 is 0 Å². The Morgan fingerprint density at radius 1 is 1.25 bits per heavy atom. The van der Waals surface area contributed by atoms with Crippen LogP contribution < -0.4 is 0 Å². The van der Waals surface area contributed by atoms with Crippen molar-refractivity contribution in [3.8, 4) is 0 Å². The van der Waals surface area contributed by atoms with E-state index in [1.54, 1.807) is 6.20 Å². The molecule has 20 heavy (non-hydrogen) atoms. The predicted molar refractivity (Wildman–Crippen MR) is 84.0 cm³/mol. The zero-order chi connectivity index (χ0) is 14.7. The Morgan fingerprint density at radius 3 is 2.65 bits per heavy atom. The number of hydrogen-bond donors (Lipinski definition) is 1. The molecule has 3 nitrogen and oxygen atoms in total. The van der Waals surface area contributed by atoms with Crippen LogP contribution >= 0.6 is 11.6 Å². The Balaban J connectivity index is 2.35. The fourth-order valence-corrected chi connectivity index (χ4v) is 2.56. The first-order chi connectivity index (χ1) is 9.49. The molecule has 0 aliphatic rings. The van der Waals surface area contributed by atoms with Crippen LogP contribution in [-0.4, -0.2) is 33.7 Å². The minimum absolute atomic E-state index is 0.344. The Bertz CT molecular complexity index is 584. The number of hydrogen-bond acceptors (Lipinski definition) is 3. The highest BCUT2D eigenvalue weighted by Gasteiger charge is 2.15. The van der Waals surface area contributed by atoms with E-state index in [0.29, 0.717) is 12.6 Å². The van der Waals surface area contributed by atoms with E-state index in [4.69, 9.17) is 11.6 Å². The first-order valence-electron chi connectivity index (χ1n) is 6.93. The molecule has 0 amide bonds. The van der Waals surface area contributed by atoms with Gasteiger partial charge in [-0.2, -0.15) is 0 Å². The Kier molecular flexibility index (Phi) is 4.97. The number of nitrogens with zero attached hydrogens (tertiary/aromatic N) is 2. The molecule has 0 spiro atoms. The maximum Gasteiger partial charge on any atom is 0.0761 e. The Morgan fingerprint density at radius 2 is 2.00 bits per heavy atom. The summed E-state index contributed by atoms with van der Waals surface area (Å²) in [6.45, 7) is 7.48. The van der Waals surface area contributed by atoms with Crippen molar-refractivity contribution in [1.82, 2.24) is 9.88 Å². The quantitative estimate of drug-likeness (QED) is 0.916. The van der Waals surface area contributed by atoms with Crippen LogP contribution in [0, 0.1) is 0 Å². The maximum absolute atomic E-state index is 9.63. The van der Waals surface area contributed by atoms with Gasteiger partial charge in [-0.1, -0.05) is 17.7 Å². The van der Waals surface area contributed by atoms with Gasteiger partial charge in [-0.15, -0.1) is 0 Å². The van der Waals surface area contributed by atoms with E-state index < -0.39 is 0 Å². The number of aliphatic hydroxyl groups is 1. The number of aromatic nitrogens is 1. The predicted octanol–water partition coefficient (Wildman–Crippen LogP) is 3.48. The molecule has 0 bridgehead atoms. The van der Waals surface area contributed by atoms with Gasteiger partial charge in [-0.05, 0) is 44.5 Å². The van der Waals surface area contributed by atoms with E-state index in [-0.39, 0.29) is 6.10 Å². The molecule has 1 aromatic heterocycles. The molecule has 1 heterocycles. The van der Waals surface area contributed by atoms with Crippen molar-refractivity contribution in [1.29, 1.82) is 0 Å². The average Bonchev–Trinajstić information content (AvgIpc) is 2.40. The number of halogens is 1. The zero-order valence-electron chi connectivity index (χ0n) is 12.2. The first kappa shape index (κ1) is 15.2. The topological polar surface area (TPSA) is 36.4 Å². The van der Waals surface area contributed by atoms with Crippen LogP contribution in [0.15, 0.2) is 30.5 Å². The first-order valence-corrected chi connectivity index (χ1v) is 7.31. The Hall–Kier alpha value is -1.16. The minimum atomic E-state index is -0.344. The molecule has 0 saturated heterocycles. The molecule has 1 unspecified atom stereocenters. The average molecular weight is 293 g/mol. The van der Waals surface area contributed by atoms with Gasteiger partial charge < -0.3 is 5.11 Å². The molecule has 2 aromatic rings. The number of fused-ring (bicyclic) bond motifs is 1. The van der Waals surface area contributed by atoms with Gasteiger partial charge in [0.25, 0.3) is 0 Å². The normalized spacial score (nSPS) is 13.3. The molecule has 0 saturated carbocycles. The summed E-state index contributed by atoms with van der Waals surface area (Å²) >= 11 is 6.22. The monoisotopic (exact) mass is 292 g/mol. The van der Waals surface area contributed by atoms with Crippen molar-refractivity contribution in [2.24, 2.45) is 0 Å². The number of benzene rings is 1. The standard InChI is InChI=1S/C16H21ClN2O/c1-11(2)19(9-12(3)20)10-13-6-7-15(17)14-5-4-8-18-16(13)14/h4-8,11-12,20H,9-10H2,1-3H3. The second kappa shape index (κ2) is 6.53. The number of aliphatic hydroxyl groups excluding tert-OH is 1. The molecule has 108 valence electrons. The summed E-state index contributed by atoms with van der Waals surface area (Å²) in [6, 6.07) is 8.19. The van der Waals surface area contributed by atoms with E-state index in [1.165, 1.54) is 0 Å². The summed E-state index contributed by atoms with van der Waals surface area (Å²) in [4.78, 5) is 6.70. The molecule has 4 heteroatoms. The lowest BCUT2D eigenvalue weighted by Gasteiger charge is -2.28. The number of rotatable bonds is 5. The molecular weight excluding hydrogens is 272 g/mol. The molecular formula is C16H21ClN2O. The van der Waals surface area contributed by atoms with Crippen LogP contribution in [0.2, 0.25) is 5.02 Å². The van der Waals surface area contributed by atoms with Crippen molar-refractivity contribution < 1.29 is 5.11 Å². The largest absolute Gasteiger partial charge is 0.392 e. The molecule has 0 aliphatic carbocycles. The summed E-state index contributed by atoms with van der Waals surface area (Å²) in [6.07, 6.45) is 1.44. The molecule has 2 rings (SSSR count). The molecule has 0 radical (unpaired) electrons. The van der Waals surface area contributed by atoms with E-state index in [9.17, 15) is 5.11 Å². The van der Waals surface area contributed by atoms with Crippen LogP contribution in [-0.2, 0) is 6.54 Å². The van der Waals surface area contributed by atoms with Crippen LogP contribution in [0.5, 0.6) is 0 Å². The van der Waals surface area contributed by atoms with Crippen LogP contribution in [0.1, 0.15) is 26.3 Å². The maximum atomic E-state index is 9.63. The van der Waals surface area contributed by atoms with Crippen LogP contribution in [0.25, 0.3) is 10.9 Å². The highest BCUT2D eigenvalue weighted by atomic mass is 35.5. The van der Waals surface area contributed by atoms with Gasteiger partial charge in [-0.25, -0.2) is 0 Å². The third-order valence-corrected chi connectivity index (χ3v) is 3.73. The molecule has 0 aliphatic heterocycles. The van der Waals surface area contributed by atoms with E-state index in [2.05, 4.69) is 23.7 Å². The summed E-state index contributed by atoms with van der Waals surface area (Å²) in [5.41, 5.74) is 2.08. The summed E-state index contributed by atoms with van der Waals surface area (Å²) in [5, 5.41) is 11.3. The second-order valence-corrected chi connectivity index (χ2v) is 5.89. The van der Waals surface area contributed by atoms with Gasteiger partial charge >= 0.3 is 0 Å². The van der Waals surface area contributed by atoms with Gasteiger partial charge in [0.15, 0.2) is 0 Å². The highest BCUT2D eigenvalue weighted by molar-refractivity contribution is 6.35. The molecule has 1 atom stereocenters. The highest BCUT2D eigenvalue weighted by Crippen LogP contribution is 2.26. The van der Waals surface area contributed by atoms with Crippen molar-refractivity contribution in [3.63, 3.8) is 0 Å². The van der Waals surface area contributed by atoms with Gasteiger partial charge in [0.1, 0.15) is 0 Å². The second-order valence-electron chi connectivity index (χ2n) is 5.48. The lowest BCUT2D eigenvalue weighted by atomic mass is 10.1. The van der Waals surface area contributed by atoms with Gasteiger partial charge in [0, 0.05) is 35.7 Å². The summed E-state index contributed by atoms with van der Waals surface area (Å²) in [5.74, 6) is 0. The molecule has 1 aromatic carbocycles. The van der Waals surface area contributed by atoms with Crippen molar-refractivity contribution in [3.05, 3.63) is 41.0 Å². The SMILES string of the molecule is CC(O)CN(Cc1ccc(Cl)c2cccnc12)C(C)C. The van der Waals surface area contributed by atoms with Gasteiger partial charge in [0.2, 0.25) is 0 Å². The third-order valence-electron chi connectivity index (χ3n) is 3.40. The molecule has 1 N–H and O–H groups in total. The van der Waals surface area contributed by atoms with Crippen LogP contribution in [0.3, 0.4) is 0 Å². The summed E-state index contributed by atoms with van der Waals surface area (Å²) in [7, 11) is 0. The zero-order valence-corrected chi connectivity index (χ0v) is 12.9. The van der Waals surface area contributed by atoms with Crippen molar-refractivity contribution >= 4 is 22.5 Å². The third kappa shape index (κ3) is 3.48. The number of pyridine rings is 1. The lowest BCUT2D eigenvalue weighted by Crippen LogP contribution is -2.36. The van der Waals surface area contributed by atoms with Crippen LogP contribution in [0.4, 0.5) is 0 Å². The Labute approximate surface area is 125 Å². The van der Waals surface area contributed by atoms with Crippen molar-refractivity contribution in [2.45, 2.75) is 39.5 Å².